The molecule has 0 heterocycles. The van der Waals surface area contributed by atoms with Crippen molar-refractivity contribution in [3.63, 3.8) is 0 Å². The molecule has 34 heavy (non-hydrogen) atoms. The van der Waals surface area contributed by atoms with Crippen LogP contribution in [-0.4, -0.2) is 24.4 Å². The summed E-state index contributed by atoms with van der Waals surface area (Å²) in [5, 5.41) is 9.25. The SMILES string of the molecule is CCCCCCCCCCCCCCCCOCCCCCCCCCCCCCCC(C)O. The van der Waals surface area contributed by atoms with Gasteiger partial charge < -0.3 is 9.84 Å². The molecule has 0 spiro atoms. The van der Waals surface area contributed by atoms with Gasteiger partial charge >= 0.3 is 0 Å². The van der Waals surface area contributed by atoms with Crippen molar-refractivity contribution in [2.24, 2.45) is 0 Å². The zero-order chi connectivity index (χ0) is 24.8. The van der Waals surface area contributed by atoms with Crippen LogP contribution < -0.4 is 0 Å². The lowest BCUT2D eigenvalue weighted by Gasteiger charge is -2.06. The molecule has 0 aliphatic rings. The van der Waals surface area contributed by atoms with Crippen LogP contribution in [0.3, 0.4) is 0 Å². The molecule has 1 atom stereocenters. The topological polar surface area (TPSA) is 29.5 Å². The van der Waals surface area contributed by atoms with Gasteiger partial charge in [-0.05, 0) is 26.2 Å². The molecule has 0 aliphatic carbocycles. The first-order valence-corrected chi connectivity index (χ1v) is 16.0. The van der Waals surface area contributed by atoms with Gasteiger partial charge in [-0.2, -0.15) is 0 Å². The second kappa shape index (κ2) is 31.0. The number of hydrogen-bond donors (Lipinski definition) is 1. The average Bonchev–Trinajstić information content (AvgIpc) is 2.83. The first-order valence-electron chi connectivity index (χ1n) is 16.0. The van der Waals surface area contributed by atoms with Crippen molar-refractivity contribution < 1.29 is 9.84 Å². The summed E-state index contributed by atoms with van der Waals surface area (Å²) in [5.74, 6) is 0. The molecule has 206 valence electrons. The molecule has 0 aromatic carbocycles. The summed E-state index contributed by atoms with van der Waals surface area (Å²) >= 11 is 0. The Labute approximate surface area is 216 Å². The molecule has 0 fully saturated rings. The molecule has 2 heteroatoms. The van der Waals surface area contributed by atoms with Gasteiger partial charge in [-0.25, -0.2) is 0 Å². The third kappa shape index (κ3) is 31.9. The van der Waals surface area contributed by atoms with Crippen LogP contribution in [0.25, 0.3) is 0 Å². The van der Waals surface area contributed by atoms with E-state index >= 15 is 0 Å². The molecular weight excluding hydrogens is 416 g/mol. The van der Waals surface area contributed by atoms with Crippen molar-refractivity contribution in [1.29, 1.82) is 0 Å². The minimum atomic E-state index is -0.111. The molecule has 1 N–H and O–H groups in total. The summed E-state index contributed by atoms with van der Waals surface area (Å²) in [6.45, 7) is 6.16. The zero-order valence-electron chi connectivity index (χ0n) is 23.9. The molecule has 0 bridgehead atoms. The smallest absolute Gasteiger partial charge is 0.0512 e. The summed E-state index contributed by atoms with van der Waals surface area (Å²) < 4.78 is 5.84. The fraction of sp³-hybridized carbons (Fsp3) is 1.00. The fourth-order valence-electron chi connectivity index (χ4n) is 4.91. The molecule has 0 saturated heterocycles. The molecule has 2 nitrogen and oxygen atoms in total. The van der Waals surface area contributed by atoms with E-state index in [4.69, 9.17) is 4.74 Å². The van der Waals surface area contributed by atoms with E-state index in [0.717, 1.165) is 19.6 Å². The van der Waals surface area contributed by atoms with E-state index < -0.39 is 0 Å². The molecule has 0 aromatic rings. The maximum absolute atomic E-state index is 9.25. The maximum Gasteiger partial charge on any atom is 0.0512 e. The standard InChI is InChI=1S/C32H66O2/c1-3-4-5-6-7-8-9-10-12-15-18-21-24-27-30-34-31-28-25-22-19-16-13-11-14-17-20-23-26-29-32(2)33/h32-33H,3-31H2,1-2H3. The van der Waals surface area contributed by atoms with E-state index in [1.807, 2.05) is 6.92 Å². The van der Waals surface area contributed by atoms with E-state index in [2.05, 4.69) is 6.92 Å². The van der Waals surface area contributed by atoms with Crippen molar-refractivity contribution in [1.82, 2.24) is 0 Å². The first kappa shape index (κ1) is 33.9. The van der Waals surface area contributed by atoms with Gasteiger partial charge in [0.1, 0.15) is 0 Å². The van der Waals surface area contributed by atoms with Crippen molar-refractivity contribution in [3.8, 4) is 0 Å². The number of unbranched alkanes of at least 4 members (excludes halogenated alkanes) is 24. The molecule has 0 aliphatic heterocycles. The van der Waals surface area contributed by atoms with Crippen LogP contribution in [0.15, 0.2) is 0 Å². The van der Waals surface area contributed by atoms with E-state index in [9.17, 15) is 5.11 Å². The molecule has 0 amide bonds. The number of aliphatic hydroxyl groups excluding tert-OH is 1. The molecule has 0 radical (unpaired) electrons. The van der Waals surface area contributed by atoms with Crippen molar-refractivity contribution in [2.45, 2.75) is 193 Å². The van der Waals surface area contributed by atoms with Crippen LogP contribution in [0.5, 0.6) is 0 Å². The van der Waals surface area contributed by atoms with Crippen LogP contribution in [0.4, 0.5) is 0 Å². The summed E-state index contributed by atoms with van der Waals surface area (Å²) in [6, 6.07) is 0. The Kier molecular flexibility index (Phi) is 30.9. The third-order valence-electron chi connectivity index (χ3n) is 7.30. The Balaban J connectivity index is 3.00. The molecule has 0 aromatic heterocycles. The predicted octanol–water partition coefficient (Wildman–Crippen LogP) is 10.9. The second-order valence-corrected chi connectivity index (χ2v) is 11.1. The van der Waals surface area contributed by atoms with Crippen LogP contribution in [0.1, 0.15) is 187 Å². The van der Waals surface area contributed by atoms with Gasteiger partial charge in [0.25, 0.3) is 0 Å². The van der Waals surface area contributed by atoms with Gasteiger partial charge in [-0.3, -0.25) is 0 Å². The average molecular weight is 483 g/mol. The first-order chi connectivity index (χ1) is 16.8. The summed E-state index contributed by atoms with van der Waals surface area (Å²) in [6.07, 6.45) is 37.1. The van der Waals surface area contributed by atoms with Gasteiger partial charge in [0, 0.05) is 13.2 Å². The Hall–Kier alpha value is -0.0800. The van der Waals surface area contributed by atoms with Crippen LogP contribution in [-0.2, 0) is 4.74 Å². The summed E-state index contributed by atoms with van der Waals surface area (Å²) in [4.78, 5) is 0. The Bertz CT molecular complexity index is 342. The fourth-order valence-corrected chi connectivity index (χ4v) is 4.91. The van der Waals surface area contributed by atoms with Crippen LogP contribution in [0, 0.1) is 0 Å². The van der Waals surface area contributed by atoms with Gasteiger partial charge in [-0.15, -0.1) is 0 Å². The van der Waals surface area contributed by atoms with Gasteiger partial charge in [0.2, 0.25) is 0 Å². The largest absolute Gasteiger partial charge is 0.393 e. The Morgan fingerprint density at radius 2 is 0.676 bits per heavy atom. The maximum atomic E-state index is 9.25. The lowest BCUT2D eigenvalue weighted by Crippen LogP contribution is -1.98. The van der Waals surface area contributed by atoms with Gasteiger partial charge in [0.05, 0.1) is 6.10 Å². The lowest BCUT2D eigenvalue weighted by atomic mass is 10.0. The van der Waals surface area contributed by atoms with Crippen LogP contribution >= 0.6 is 0 Å². The van der Waals surface area contributed by atoms with Crippen molar-refractivity contribution in [3.05, 3.63) is 0 Å². The monoisotopic (exact) mass is 483 g/mol. The quantitative estimate of drug-likeness (QED) is 0.103. The Morgan fingerprint density at radius 1 is 0.412 bits per heavy atom. The highest BCUT2D eigenvalue weighted by Crippen LogP contribution is 2.14. The number of rotatable bonds is 30. The van der Waals surface area contributed by atoms with Gasteiger partial charge in [0.15, 0.2) is 0 Å². The predicted molar refractivity (Wildman–Crippen MR) is 153 cm³/mol. The van der Waals surface area contributed by atoms with E-state index in [1.165, 1.54) is 167 Å². The second-order valence-electron chi connectivity index (χ2n) is 11.1. The highest BCUT2D eigenvalue weighted by atomic mass is 16.5. The van der Waals surface area contributed by atoms with Crippen LogP contribution in [0.2, 0.25) is 0 Å². The number of aliphatic hydroxyl groups is 1. The highest BCUT2D eigenvalue weighted by molar-refractivity contribution is 4.52. The molecule has 0 rings (SSSR count). The molecule has 1 unspecified atom stereocenters. The summed E-state index contributed by atoms with van der Waals surface area (Å²) in [7, 11) is 0. The minimum Gasteiger partial charge on any atom is -0.393 e. The number of ether oxygens (including phenoxy) is 1. The molecular formula is C32H66O2. The highest BCUT2D eigenvalue weighted by Gasteiger charge is 1.97. The molecule has 0 saturated carbocycles. The van der Waals surface area contributed by atoms with Gasteiger partial charge in [-0.1, -0.05) is 161 Å². The third-order valence-corrected chi connectivity index (χ3v) is 7.30. The summed E-state index contributed by atoms with van der Waals surface area (Å²) in [5.41, 5.74) is 0. The zero-order valence-corrected chi connectivity index (χ0v) is 23.9. The minimum absolute atomic E-state index is 0.111. The number of hydrogen-bond acceptors (Lipinski definition) is 2. The van der Waals surface area contributed by atoms with E-state index in [1.54, 1.807) is 0 Å². The van der Waals surface area contributed by atoms with Crippen molar-refractivity contribution in [2.75, 3.05) is 13.2 Å². The normalized spacial score (nSPS) is 12.4. The van der Waals surface area contributed by atoms with E-state index in [0.29, 0.717) is 0 Å². The Morgan fingerprint density at radius 3 is 0.971 bits per heavy atom. The lowest BCUT2D eigenvalue weighted by molar-refractivity contribution is 0.125. The van der Waals surface area contributed by atoms with E-state index in [-0.39, 0.29) is 6.10 Å². The van der Waals surface area contributed by atoms with Crippen molar-refractivity contribution >= 4 is 0 Å².